The maximum Gasteiger partial charge on any atom is 0.490 e. The normalized spacial score (nSPS) is 14.6. The molecule has 0 aromatic heterocycles. The number of hydrogen-bond donors (Lipinski definition) is 4. The van der Waals surface area contributed by atoms with Crippen LogP contribution in [0.25, 0.3) is 0 Å². The van der Waals surface area contributed by atoms with Crippen LogP contribution in [-0.4, -0.2) is 60.0 Å². The third-order valence-corrected chi connectivity index (χ3v) is 5.34. The van der Waals surface area contributed by atoms with Gasteiger partial charge in [0.15, 0.2) is 0 Å². The minimum Gasteiger partial charge on any atom is -0.497 e. The van der Waals surface area contributed by atoms with Crippen LogP contribution in [0, 0.1) is 5.92 Å². The Bertz CT molecular complexity index is 959. The van der Waals surface area contributed by atoms with E-state index in [1.807, 2.05) is 24.3 Å². The van der Waals surface area contributed by atoms with Crippen molar-refractivity contribution in [2.75, 3.05) is 37.9 Å². The number of benzene rings is 2. The molecule has 0 saturated carbocycles. The number of carboxylic acids is 1. The van der Waals surface area contributed by atoms with Crippen LogP contribution in [0.2, 0.25) is 0 Å². The number of hydrogen-bond acceptors (Lipinski definition) is 6. The number of amides is 1. The Labute approximate surface area is 195 Å². The average Bonchev–Trinajstić information content (AvgIpc) is 2.81. The highest BCUT2D eigenvalue weighted by Gasteiger charge is 2.38. The van der Waals surface area contributed by atoms with Crippen LogP contribution >= 0.6 is 0 Å². The molecule has 186 valence electrons. The number of carbonyl (C=O) groups excluding carboxylic acids is 1. The molecule has 0 aliphatic carbocycles. The molecule has 1 aliphatic rings. The van der Waals surface area contributed by atoms with Gasteiger partial charge in [0.05, 0.1) is 18.5 Å². The Kier molecular flexibility index (Phi) is 9.69. The minimum atomic E-state index is -5.08. The summed E-state index contributed by atoms with van der Waals surface area (Å²) in [4.78, 5) is 23.8. The molecule has 0 unspecified atom stereocenters. The third-order valence-electron chi connectivity index (χ3n) is 5.34. The predicted octanol–water partition coefficient (Wildman–Crippen LogP) is 3.37. The molecule has 1 heterocycles. The van der Waals surface area contributed by atoms with Gasteiger partial charge in [-0.2, -0.15) is 13.2 Å². The van der Waals surface area contributed by atoms with Gasteiger partial charge in [-0.05, 0) is 61.7 Å². The summed E-state index contributed by atoms with van der Waals surface area (Å²) in [5, 5.41) is 19.2. The highest BCUT2D eigenvalue weighted by Crippen LogP contribution is 2.25. The summed E-state index contributed by atoms with van der Waals surface area (Å²) in [7, 11) is 1.57. The van der Waals surface area contributed by atoms with Gasteiger partial charge in [0.25, 0.3) is 5.91 Å². The highest BCUT2D eigenvalue weighted by atomic mass is 19.4. The molecule has 11 heteroatoms. The fourth-order valence-corrected chi connectivity index (χ4v) is 3.31. The lowest BCUT2D eigenvalue weighted by molar-refractivity contribution is -0.192. The quantitative estimate of drug-likeness (QED) is 0.464. The van der Waals surface area contributed by atoms with Crippen LogP contribution in [0.1, 0.15) is 28.8 Å². The lowest BCUT2D eigenvalue weighted by Crippen LogP contribution is -2.34. The average molecular weight is 483 g/mol. The number of ether oxygens (including phenoxy) is 1. The first kappa shape index (κ1) is 26.9. The van der Waals surface area contributed by atoms with Gasteiger partial charge >= 0.3 is 12.1 Å². The molecular weight excluding hydrogens is 455 g/mol. The Hall–Kier alpha value is -3.31. The second-order valence-electron chi connectivity index (χ2n) is 7.81. The van der Waals surface area contributed by atoms with E-state index in [2.05, 4.69) is 10.2 Å². The van der Waals surface area contributed by atoms with Gasteiger partial charge in [0.2, 0.25) is 0 Å². The standard InChI is InChI=1S/C21H27N3O3.C2HF3O2/c1-27-18-6-7-19(22)20(12-18)23-21(26)17-4-2-15(3-5-17)13-24-10-8-16(14-25)9-11-24;3-2(4,5)1(6)7/h2-7,12,16,25H,8-11,13-14,22H2,1H3,(H,23,26);(H,6,7). The van der Waals surface area contributed by atoms with Crippen molar-refractivity contribution >= 4 is 23.3 Å². The molecular formula is C23H28F3N3O5. The van der Waals surface area contributed by atoms with Crippen LogP contribution in [0.4, 0.5) is 24.5 Å². The van der Waals surface area contributed by atoms with Crippen molar-refractivity contribution < 1.29 is 37.7 Å². The second-order valence-corrected chi connectivity index (χ2v) is 7.81. The summed E-state index contributed by atoms with van der Waals surface area (Å²) in [6, 6.07) is 12.8. The van der Waals surface area contributed by atoms with E-state index in [-0.39, 0.29) is 12.5 Å². The molecule has 2 aromatic carbocycles. The van der Waals surface area contributed by atoms with Crippen molar-refractivity contribution in [1.82, 2.24) is 4.90 Å². The van der Waals surface area contributed by atoms with E-state index in [1.165, 1.54) is 5.56 Å². The Balaban J connectivity index is 0.000000509. The first-order valence-corrected chi connectivity index (χ1v) is 10.5. The summed E-state index contributed by atoms with van der Waals surface area (Å²) in [5.74, 6) is -1.88. The molecule has 8 nitrogen and oxygen atoms in total. The van der Waals surface area contributed by atoms with E-state index < -0.39 is 12.1 Å². The van der Waals surface area contributed by atoms with E-state index in [1.54, 1.807) is 25.3 Å². The zero-order valence-corrected chi connectivity index (χ0v) is 18.6. The molecule has 1 aliphatic heterocycles. The number of halogens is 3. The number of nitrogen functional groups attached to an aromatic ring is 1. The zero-order chi connectivity index (χ0) is 25.3. The molecule has 1 amide bonds. The Morgan fingerprint density at radius 3 is 2.24 bits per heavy atom. The maximum absolute atomic E-state index is 12.5. The summed E-state index contributed by atoms with van der Waals surface area (Å²) in [6.07, 6.45) is -3.00. The number of aliphatic hydroxyl groups excluding tert-OH is 1. The molecule has 5 N–H and O–H groups in total. The van der Waals surface area contributed by atoms with Crippen molar-refractivity contribution in [1.29, 1.82) is 0 Å². The number of alkyl halides is 3. The van der Waals surface area contributed by atoms with Crippen LogP contribution in [0.3, 0.4) is 0 Å². The zero-order valence-electron chi connectivity index (χ0n) is 18.6. The monoisotopic (exact) mass is 483 g/mol. The van der Waals surface area contributed by atoms with Gasteiger partial charge in [-0.15, -0.1) is 0 Å². The van der Waals surface area contributed by atoms with Gasteiger partial charge in [0, 0.05) is 24.8 Å². The van der Waals surface area contributed by atoms with E-state index in [0.29, 0.717) is 28.6 Å². The lowest BCUT2D eigenvalue weighted by atomic mass is 9.97. The highest BCUT2D eigenvalue weighted by molar-refractivity contribution is 6.05. The number of anilines is 2. The van der Waals surface area contributed by atoms with E-state index in [4.69, 9.17) is 20.4 Å². The Morgan fingerprint density at radius 1 is 1.15 bits per heavy atom. The lowest BCUT2D eigenvalue weighted by Gasteiger charge is -2.31. The van der Waals surface area contributed by atoms with Crippen LogP contribution < -0.4 is 15.8 Å². The number of aliphatic carboxylic acids is 1. The number of carboxylic acid groups (broad SMARTS) is 1. The molecule has 0 bridgehead atoms. The summed E-state index contributed by atoms with van der Waals surface area (Å²) in [5.41, 5.74) is 8.72. The van der Waals surface area contributed by atoms with Crippen LogP contribution in [0.5, 0.6) is 5.75 Å². The number of methoxy groups -OCH3 is 1. The molecule has 0 radical (unpaired) electrons. The molecule has 0 atom stereocenters. The third kappa shape index (κ3) is 8.23. The van der Waals surface area contributed by atoms with Crippen LogP contribution in [-0.2, 0) is 11.3 Å². The molecule has 3 rings (SSSR count). The SMILES string of the molecule is COc1ccc(N)c(NC(=O)c2ccc(CN3CCC(CO)CC3)cc2)c1.O=C(O)C(F)(F)F. The topological polar surface area (TPSA) is 125 Å². The largest absolute Gasteiger partial charge is 0.497 e. The maximum atomic E-state index is 12.5. The minimum absolute atomic E-state index is 0.203. The van der Waals surface area contributed by atoms with E-state index in [0.717, 1.165) is 32.5 Å². The van der Waals surface area contributed by atoms with Crippen LogP contribution in [0.15, 0.2) is 42.5 Å². The fourth-order valence-electron chi connectivity index (χ4n) is 3.31. The van der Waals surface area contributed by atoms with Gasteiger partial charge < -0.3 is 26.0 Å². The number of carbonyl (C=O) groups is 2. The summed E-state index contributed by atoms with van der Waals surface area (Å²) < 4.78 is 36.9. The van der Waals surface area contributed by atoms with Crippen molar-refractivity contribution in [3.63, 3.8) is 0 Å². The summed E-state index contributed by atoms with van der Waals surface area (Å²) >= 11 is 0. The van der Waals surface area contributed by atoms with Crippen molar-refractivity contribution in [3.8, 4) is 5.75 Å². The fraction of sp³-hybridized carbons (Fsp3) is 0.391. The van der Waals surface area contributed by atoms with Gasteiger partial charge in [-0.3, -0.25) is 9.69 Å². The number of likely N-dealkylation sites (tertiary alicyclic amines) is 1. The van der Waals surface area contributed by atoms with Crippen molar-refractivity contribution in [2.45, 2.75) is 25.6 Å². The first-order chi connectivity index (χ1) is 16.0. The molecule has 2 aromatic rings. The van der Waals surface area contributed by atoms with Crippen molar-refractivity contribution in [2.24, 2.45) is 5.92 Å². The second kappa shape index (κ2) is 12.2. The predicted molar refractivity (Wildman–Crippen MR) is 121 cm³/mol. The first-order valence-electron chi connectivity index (χ1n) is 10.5. The number of aliphatic hydroxyl groups is 1. The number of nitrogens with one attached hydrogen (secondary N) is 1. The molecule has 0 spiro atoms. The number of nitrogens with two attached hydrogens (primary N) is 1. The Morgan fingerprint density at radius 2 is 1.74 bits per heavy atom. The molecule has 1 saturated heterocycles. The van der Waals surface area contributed by atoms with E-state index >= 15 is 0 Å². The summed E-state index contributed by atoms with van der Waals surface area (Å²) in [6.45, 7) is 3.16. The number of rotatable bonds is 6. The van der Waals surface area contributed by atoms with Gasteiger partial charge in [-0.25, -0.2) is 4.79 Å². The smallest absolute Gasteiger partial charge is 0.490 e. The molecule has 34 heavy (non-hydrogen) atoms. The number of nitrogens with zero attached hydrogens (tertiary/aromatic N) is 1. The number of piperidine rings is 1. The van der Waals surface area contributed by atoms with Gasteiger partial charge in [0.1, 0.15) is 5.75 Å². The molecule has 1 fully saturated rings. The van der Waals surface area contributed by atoms with E-state index in [9.17, 15) is 23.1 Å². The van der Waals surface area contributed by atoms with Crippen molar-refractivity contribution in [3.05, 3.63) is 53.6 Å². The van der Waals surface area contributed by atoms with Gasteiger partial charge in [-0.1, -0.05) is 12.1 Å².